The first-order chi connectivity index (χ1) is 16.3. The van der Waals surface area contributed by atoms with E-state index in [1.165, 1.54) is 73.3 Å². The van der Waals surface area contributed by atoms with Crippen molar-refractivity contribution in [2.45, 2.75) is 25.7 Å². The number of aromatic nitrogens is 1. The van der Waals surface area contributed by atoms with Crippen molar-refractivity contribution < 1.29 is 0 Å². The molecule has 1 aliphatic rings. The molecule has 4 aromatic carbocycles. The van der Waals surface area contributed by atoms with Crippen LogP contribution in [0, 0.1) is 0 Å². The predicted octanol–water partition coefficient (Wildman–Crippen LogP) is 8.82. The number of hydrogen-bond donors (Lipinski definition) is 0. The number of thiophene rings is 1. The van der Waals surface area contributed by atoms with Crippen LogP contribution in [-0.2, 0) is 12.8 Å². The van der Waals surface area contributed by atoms with E-state index in [9.17, 15) is 0 Å². The van der Waals surface area contributed by atoms with Crippen molar-refractivity contribution in [2.24, 2.45) is 0 Å². The fourth-order valence-corrected chi connectivity index (χ4v) is 6.52. The number of pyridine rings is 1. The van der Waals surface area contributed by atoms with Gasteiger partial charge in [0.15, 0.2) is 0 Å². The zero-order chi connectivity index (χ0) is 21.8. The van der Waals surface area contributed by atoms with Crippen molar-refractivity contribution in [3.8, 4) is 22.4 Å². The van der Waals surface area contributed by atoms with Gasteiger partial charge in [-0.05, 0) is 77.6 Å². The Morgan fingerprint density at radius 3 is 2.48 bits per heavy atom. The lowest BCUT2D eigenvalue weighted by Gasteiger charge is -2.19. The Bertz CT molecular complexity index is 1670. The maximum atomic E-state index is 4.75. The van der Waals surface area contributed by atoms with Gasteiger partial charge in [-0.15, -0.1) is 11.3 Å². The Labute approximate surface area is 197 Å². The second kappa shape index (κ2) is 7.54. The lowest BCUT2D eigenvalue weighted by Crippen LogP contribution is -2.04. The molecule has 0 amide bonds. The molecule has 158 valence electrons. The summed E-state index contributed by atoms with van der Waals surface area (Å²) >= 11 is 1.89. The molecule has 2 aromatic heterocycles. The maximum Gasteiger partial charge on any atom is 0.0708 e. The molecule has 0 fully saturated rings. The lowest BCUT2D eigenvalue weighted by molar-refractivity contribution is 0.687. The van der Waals surface area contributed by atoms with Crippen LogP contribution < -0.4 is 0 Å². The van der Waals surface area contributed by atoms with E-state index in [1.807, 2.05) is 17.5 Å². The Morgan fingerprint density at radius 1 is 0.636 bits per heavy atom. The van der Waals surface area contributed by atoms with Crippen LogP contribution in [0.1, 0.15) is 24.0 Å². The minimum atomic E-state index is 1.03. The predicted molar refractivity (Wildman–Crippen MR) is 142 cm³/mol. The molecule has 2 heteroatoms. The monoisotopic (exact) mass is 441 g/mol. The summed E-state index contributed by atoms with van der Waals surface area (Å²) in [5.41, 5.74) is 8.09. The molecule has 33 heavy (non-hydrogen) atoms. The van der Waals surface area contributed by atoms with Crippen molar-refractivity contribution >= 4 is 42.3 Å². The van der Waals surface area contributed by atoms with Crippen LogP contribution in [0.25, 0.3) is 53.3 Å². The molecule has 7 rings (SSSR count). The zero-order valence-electron chi connectivity index (χ0n) is 18.3. The molecule has 0 bridgehead atoms. The van der Waals surface area contributed by atoms with E-state index < -0.39 is 0 Å². The molecule has 0 aliphatic heterocycles. The highest BCUT2D eigenvalue weighted by Gasteiger charge is 2.15. The molecule has 0 atom stereocenters. The molecule has 2 heterocycles. The summed E-state index contributed by atoms with van der Waals surface area (Å²) in [7, 11) is 0. The van der Waals surface area contributed by atoms with Crippen LogP contribution in [-0.4, -0.2) is 4.98 Å². The number of rotatable bonds is 2. The number of fused-ring (bicyclic) bond motifs is 5. The molecular formula is C31H23NS. The van der Waals surface area contributed by atoms with Gasteiger partial charge >= 0.3 is 0 Å². The SMILES string of the molecule is c1cc2c(c(-c3ccc4c(c3)sc3ccc(-c5cc6ccccc6cn5)cc34)c1)CCCC2. The van der Waals surface area contributed by atoms with Gasteiger partial charge in [-0.2, -0.15) is 0 Å². The second-order valence-electron chi connectivity index (χ2n) is 9.09. The van der Waals surface area contributed by atoms with Crippen LogP contribution >= 0.6 is 11.3 Å². The first-order valence-corrected chi connectivity index (χ1v) is 12.6. The fraction of sp³-hybridized carbons (Fsp3) is 0.129. The van der Waals surface area contributed by atoms with E-state index in [0.717, 1.165) is 5.69 Å². The molecule has 0 N–H and O–H groups in total. The van der Waals surface area contributed by atoms with Gasteiger partial charge in [-0.1, -0.05) is 60.7 Å². The van der Waals surface area contributed by atoms with Crippen LogP contribution in [0.3, 0.4) is 0 Å². The first-order valence-electron chi connectivity index (χ1n) is 11.8. The Morgan fingerprint density at radius 2 is 1.52 bits per heavy atom. The third-order valence-electron chi connectivity index (χ3n) is 7.10. The fourth-order valence-electron chi connectivity index (χ4n) is 5.40. The van der Waals surface area contributed by atoms with Crippen molar-refractivity contribution in [1.29, 1.82) is 0 Å². The topological polar surface area (TPSA) is 12.9 Å². The highest BCUT2D eigenvalue weighted by Crippen LogP contribution is 2.40. The Kier molecular flexibility index (Phi) is 4.34. The Balaban J connectivity index is 1.35. The molecule has 0 radical (unpaired) electrons. The summed E-state index contributed by atoms with van der Waals surface area (Å²) in [6, 6.07) is 31.3. The molecule has 1 nitrogen and oxygen atoms in total. The molecular weight excluding hydrogens is 418 g/mol. The van der Waals surface area contributed by atoms with Gasteiger partial charge in [0.1, 0.15) is 0 Å². The quantitative estimate of drug-likeness (QED) is 0.261. The van der Waals surface area contributed by atoms with E-state index in [2.05, 4.69) is 84.9 Å². The zero-order valence-corrected chi connectivity index (χ0v) is 19.2. The minimum absolute atomic E-state index is 1.03. The number of benzene rings is 4. The Hall–Kier alpha value is -3.49. The van der Waals surface area contributed by atoms with Gasteiger partial charge < -0.3 is 0 Å². The number of nitrogens with zero attached hydrogens (tertiary/aromatic N) is 1. The second-order valence-corrected chi connectivity index (χ2v) is 10.2. The summed E-state index contributed by atoms with van der Waals surface area (Å²) < 4.78 is 2.70. The molecule has 0 unspecified atom stereocenters. The number of hydrogen-bond acceptors (Lipinski definition) is 2. The summed E-state index contributed by atoms with van der Waals surface area (Å²) in [5.74, 6) is 0. The maximum absolute atomic E-state index is 4.75. The highest BCUT2D eigenvalue weighted by molar-refractivity contribution is 7.25. The molecule has 0 saturated carbocycles. The van der Waals surface area contributed by atoms with Gasteiger partial charge in [-0.25, -0.2) is 0 Å². The average molecular weight is 442 g/mol. The van der Waals surface area contributed by atoms with E-state index >= 15 is 0 Å². The van der Waals surface area contributed by atoms with Crippen molar-refractivity contribution in [2.75, 3.05) is 0 Å². The van der Waals surface area contributed by atoms with Crippen LogP contribution in [0.5, 0.6) is 0 Å². The van der Waals surface area contributed by atoms with Crippen molar-refractivity contribution in [3.63, 3.8) is 0 Å². The molecule has 6 aromatic rings. The van der Waals surface area contributed by atoms with Gasteiger partial charge in [0.2, 0.25) is 0 Å². The van der Waals surface area contributed by atoms with E-state index in [1.54, 1.807) is 11.1 Å². The minimum Gasteiger partial charge on any atom is -0.256 e. The van der Waals surface area contributed by atoms with Crippen molar-refractivity contribution in [3.05, 3.63) is 102 Å². The summed E-state index contributed by atoms with van der Waals surface area (Å²) in [4.78, 5) is 4.75. The van der Waals surface area contributed by atoms with Gasteiger partial charge in [0.25, 0.3) is 0 Å². The van der Waals surface area contributed by atoms with E-state index in [0.29, 0.717) is 0 Å². The van der Waals surface area contributed by atoms with E-state index in [4.69, 9.17) is 4.98 Å². The van der Waals surface area contributed by atoms with Crippen molar-refractivity contribution in [1.82, 2.24) is 4.98 Å². The normalized spacial score (nSPS) is 13.6. The van der Waals surface area contributed by atoms with E-state index in [-0.39, 0.29) is 0 Å². The largest absolute Gasteiger partial charge is 0.256 e. The highest BCUT2D eigenvalue weighted by atomic mass is 32.1. The third kappa shape index (κ3) is 3.17. The van der Waals surface area contributed by atoms with Gasteiger partial charge in [-0.3, -0.25) is 4.98 Å². The summed E-state index contributed by atoms with van der Waals surface area (Å²) in [5, 5.41) is 5.07. The lowest BCUT2D eigenvalue weighted by atomic mass is 9.86. The van der Waals surface area contributed by atoms with Gasteiger partial charge in [0.05, 0.1) is 5.69 Å². The first kappa shape index (κ1) is 19.0. The third-order valence-corrected chi connectivity index (χ3v) is 8.24. The van der Waals surface area contributed by atoms with Crippen LogP contribution in [0.15, 0.2) is 91.1 Å². The molecule has 0 spiro atoms. The molecule has 1 aliphatic carbocycles. The average Bonchev–Trinajstić information content (AvgIpc) is 3.25. The van der Waals surface area contributed by atoms with Crippen LogP contribution in [0.4, 0.5) is 0 Å². The smallest absolute Gasteiger partial charge is 0.0708 e. The van der Waals surface area contributed by atoms with Crippen LogP contribution in [0.2, 0.25) is 0 Å². The molecule has 0 saturated heterocycles. The number of aryl methyl sites for hydroxylation is 1. The summed E-state index contributed by atoms with van der Waals surface area (Å²) in [6.07, 6.45) is 7.03. The standard InChI is InChI=1S/C31H23NS/c1-2-8-24-19-32-29(17-21(24)7-1)23-13-15-30-28(16-23)27-14-12-22(18-31(27)33-30)26-11-5-9-20-6-3-4-10-25(20)26/h1-2,5,7-9,11-19H,3-4,6,10H2. The van der Waals surface area contributed by atoms with Gasteiger partial charge in [0, 0.05) is 37.3 Å². The summed E-state index contributed by atoms with van der Waals surface area (Å²) in [6.45, 7) is 0.